The second kappa shape index (κ2) is 2.47. The molecule has 0 saturated heterocycles. The van der Waals surface area contributed by atoms with E-state index < -0.39 is 0 Å². The summed E-state index contributed by atoms with van der Waals surface area (Å²) >= 11 is 0. The Hall–Kier alpha value is -0.550. The fraction of sp³-hybridized carbons (Fsp3) is 0.900. The highest BCUT2D eigenvalue weighted by Gasteiger charge is 2.61. The van der Waals surface area contributed by atoms with Crippen molar-refractivity contribution in [2.75, 3.05) is 13.2 Å². The SMILES string of the molecule is CCOCC1(C#N)CC2(CC2)C1. The number of rotatable bonds is 3. The summed E-state index contributed by atoms with van der Waals surface area (Å²) in [4.78, 5) is 0. The molecule has 0 aliphatic heterocycles. The summed E-state index contributed by atoms with van der Waals surface area (Å²) in [6.07, 6.45) is 4.89. The molecule has 0 aromatic heterocycles. The largest absolute Gasteiger partial charge is 0.380 e. The Bertz CT molecular complexity index is 216. The second-order valence-corrected chi connectivity index (χ2v) is 4.38. The van der Waals surface area contributed by atoms with Crippen molar-refractivity contribution >= 4 is 0 Å². The van der Waals surface area contributed by atoms with Crippen molar-refractivity contribution < 1.29 is 4.74 Å². The summed E-state index contributed by atoms with van der Waals surface area (Å²) < 4.78 is 5.33. The monoisotopic (exact) mass is 165 g/mol. The van der Waals surface area contributed by atoms with Crippen LogP contribution in [-0.4, -0.2) is 13.2 Å². The quantitative estimate of drug-likeness (QED) is 0.641. The Morgan fingerprint density at radius 1 is 1.42 bits per heavy atom. The van der Waals surface area contributed by atoms with Gasteiger partial charge >= 0.3 is 0 Å². The Morgan fingerprint density at radius 3 is 2.50 bits per heavy atom. The molecule has 2 saturated carbocycles. The summed E-state index contributed by atoms with van der Waals surface area (Å²) in [7, 11) is 0. The first-order chi connectivity index (χ1) is 5.74. The number of nitriles is 1. The van der Waals surface area contributed by atoms with Crippen LogP contribution in [0, 0.1) is 22.2 Å². The van der Waals surface area contributed by atoms with Gasteiger partial charge < -0.3 is 4.74 Å². The third-order valence-corrected chi connectivity index (χ3v) is 3.20. The van der Waals surface area contributed by atoms with E-state index in [1.807, 2.05) is 6.92 Å². The van der Waals surface area contributed by atoms with Gasteiger partial charge in [-0.15, -0.1) is 0 Å². The molecule has 2 heteroatoms. The van der Waals surface area contributed by atoms with E-state index in [1.165, 1.54) is 12.8 Å². The van der Waals surface area contributed by atoms with Gasteiger partial charge in [0.25, 0.3) is 0 Å². The van der Waals surface area contributed by atoms with E-state index in [9.17, 15) is 0 Å². The van der Waals surface area contributed by atoms with Crippen molar-refractivity contribution in [3.05, 3.63) is 0 Å². The van der Waals surface area contributed by atoms with Gasteiger partial charge in [-0.1, -0.05) is 0 Å². The molecule has 0 unspecified atom stereocenters. The van der Waals surface area contributed by atoms with Crippen molar-refractivity contribution in [3.8, 4) is 6.07 Å². The molecule has 0 radical (unpaired) electrons. The molecule has 2 aliphatic rings. The van der Waals surface area contributed by atoms with E-state index in [1.54, 1.807) is 0 Å². The van der Waals surface area contributed by atoms with Crippen LogP contribution in [0.3, 0.4) is 0 Å². The first-order valence-corrected chi connectivity index (χ1v) is 4.73. The van der Waals surface area contributed by atoms with Crippen molar-refractivity contribution in [3.63, 3.8) is 0 Å². The zero-order valence-corrected chi connectivity index (χ0v) is 7.60. The van der Waals surface area contributed by atoms with Crippen LogP contribution in [0.1, 0.15) is 32.6 Å². The van der Waals surface area contributed by atoms with Gasteiger partial charge in [-0.05, 0) is 38.0 Å². The van der Waals surface area contributed by atoms with Gasteiger partial charge in [-0.25, -0.2) is 0 Å². The zero-order valence-electron chi connectivity index (χ0n) is 7.60. The molecule has 0 amide bonds. The minimum Gasteiger partial charge on any atom is -0.380 e. The highest BCUT2D eigenvalue weighted by atomic mass is 16.5. The minimum absolute atomic E-state index is 0.105. The van der Waals surface area contributed by atoms with Crippen LogP contribution in [0.5, 0.6) is 0 Å². The van der Waals surface area contributed by atoms with E-state index in [0.29, 0.717) is 12.0 Å². The lowest BCUT2D eigenvalue weighted by molar-refractivity contribution is -0.00772. The number of ether oxygens (including phenoxy) is 1. The second-order valence-electron chi connectivity index (χ2n) is 4.38. The van der Waals surface area contributed by atoms with E-state index in [4.69, 9.17) is 10.00 Å². The molecule has 1 spiro atoms. The van der Waals surface area contributed by atoms with Gasteiger partial charge in [-0.3, -0.25) is 0 Å². The van der Waals surface area contributed by atoms with Crippen molar-refractivity contribution in [1.82, 2.24) is 0 Å². The highest BCUT2D eigenvalue weighted by Crippen LogP contribution is 2.68. The van der Waals surface area contributed by atoms with E-state index in [0.717, 1.165) is 19.4 Å². The maximum Gasteiger partial charge on any atom is 0.0817 e. The van der Waals surface area contributed by atoms with E-state index in [-0.39, 0.29) is 5.41 Å². The van der Waals surface area contributed by atoms with Crippen LogP contribution in [0.4, 0.5) is 0 Å². The van der Waals surface area contributed by atoms with E-state index in [2.05, 4.69) is 6.07 Å². The molecule has 2 nitrogen and oxygen atoms in total. The van der Waals surface area contributed by atoms with Crippen LogP contribution in [-0.2, 0) is 4.74 Å². The normalized spacial score (nSPS) is 27.7. The Kier molecular flexibility index (Phi) is 1.66. The van der Waals surface area contributed by atoms with Gasteiger partial charge in [0.2, 0.25) is 0 Å². The van der Waals surface area contributed by atoms with Gasteiger partial charge in [0.1, 0.15) is 0 Å². The summed E-state index contributed by atoms with van der Waals surface area (Å²) in [5.41, 5.74) is 0.499. The molecule has 0 bridgehead atoms. The molecule has 0 heterocycles. The Morgan fingerprint density at radius 2 is 2.08 bits per heavy atom. The first kappa shape index (κ1) is 8.07. The fourth-order valence-electron chi connectivity index (χ4n) is 2.43. The van der Waals surface area contributed by atoms with Crippen molar-refractivity contribution in [1.29, 1.82) is 5.26 Å². The zero-order chi connectivity index (χ0) is 8.66. The van der Waals surface area contributed by atoms with Gasteiger partial charge in [-0.2, -0.15) is 5.26 Å². The van der Waals surface area contributed by atoms with Gasteiger partial charge in [0.05, 0.1) is 18.1 Å². The summed E-state index contributed by atoms with van der Waals surface area (Å²) in [5, 5.41) is 8.99. The molecule has 66 valence electrons. The topological polar surface area (TPSA) is 33.0 Å². The standard InChI is InChI=1S/C10H15NO/c1-2-12-8-10(7-11)5-9(6-10)3-4-9/h2-6,8H2,1H3. The minimum atomic E-state index is -0.105. The average Bonchev–Trinajstić information content (AvgIpc) is 2.78. The molecule has 2 aliphatic carbocycles. The molecule has 0 aromatic carbocycles. The van der Waals surface area contributed by atoms with Crippen LogP contribution >= 0.6 is 0 Å². The van der Waals surface area contributed by atoms with E-state index >= 15 is 0 Å². The molecule has 2 fully saturated rings. The number of nitrogens with zero attached hydrogens (tertiary/aromatic N) is 1. The van der Waals surface area contributed by atoms with Crippen LogP contribution in [0.2, 0.25) is 0 Å². The summed E-state index contributed by atoms with van der Waals surface area (Å²) in [6.45, 7) is 3.37. The van der Waals surface area contributed by atoms with Crippen LogP contribution in [0.25, 0.3) is 0 Å². The molecular weight excluding hydrogens is 150 g/mol. The van der Waals surface area contributed by atoms with Gasteiger partial charge in [0.15, 0.2) is 0 Å². The fourth-order valence-corrected chi connectivity index (χ4v) is 2.43. The Balaban J connectivity index is 1.87. The lowest BCUT2D eigenvalue weighted by Crippen LogP contribution is -2.41. The van der Waals surface area contributed by atoms with Crippen molar-refractivity contribution in [2.45, 2.75) is 32.6 Å². The summed E-state index contributed by atoms with van der Waals surface area (Å²) in [5.74, 6) is 0. The molecule has 12 heavy (non-hydrogen) atoms. The molecule has 0 aromatic rings. The lowest BCUT2D eigenvalue weighted by Gasteiger charge is -2.43. The maximum atomic E-state index is 8.99. The highest BCUT2D eigenvalue weighted by molar-refractivity contribution is 5.18. The molecule has 2 rings (SSSR count). The van der Waals surface area contributed by atoms with Gasteiger partial charge in [0, 0.05) is 6.61 Å². The number of hydrogen-bond donors (Lipinski definition) is 0. The lowest BCUT2D eigenvalue weighted by atomic mass is 9.61. The predicted molar refractivity (Wildman–Crippen MR) is 45.4 cm³/mol. The van der Waals surface area contributed by atoms with Crippen LogP contribution in [0.15, 0.2) is 0 Å². The Labute approximate surface area is 73.5 Å². The first-order valence-electron chi connectivity index (χ1n) is 4.73. The molecular formula is C10H15NO. The maximum absolute atomic E-state index is 8.99. The molecule has 0 N–H and O–H groups in total. The predicted octanol–water partition coefficient (Wildman–Crippen LogP) is 2.11. The third-order valence-electron chi connectivity index (χ3n) is 3.20. The third kappa shape index (κ3) is 1.13. The van der Waals surface area contributed by atoms with Crippen molar-refractivity contribution in [2.24, 2.45) is 10.8 Å². The van der Waals surface area contributed by atoms with Crippen LogP contribution < -0.4 is 0 Å². The average molecular weight is 165 g/mol. The molecule has 0 atom stereocenters. The smallest absolute Gasteiger partial charge is 0.0817 e. The number of hydrogen-bond acceptors (Lipinski definition) is 2. The summed E-state index contributed by atoms with van der Waals surface area (Å²) in [6, 6.07) is 2.42.